The number of nitrogens with zero attached hydrogens (tertiary/aromatic N) is 6. The Kier molecular flexibility index (Phi) is 3.28. The summed E-state index contributed by atoms with van der Waals surface area (Å²) in [6.07, 6.45) is 0. The lowest BCUT2D eigenvalue weighted by molar-refractivity contribution is 0.734. The van der Waals surface area contributed by atoms with Crippen LogP contribution in [0.5, 0.6) is 0 Å². The zero-order valence-corrected chi connectivity index (χ0v) is 13.2. The molecule has 4 heterocycles. The molecule has 4 aromatic rings. The summed E-state index contributed by atoms with van der Waals surface area (Å²) in [6, 6.07) is 7.91. The van der Waals surface area contributed by atoms with Crippen LogP contribution < -0.4 is 5.32 Å². The van der Waals surface area contributed by atoms with E-state index >= 15 is 0 Å². The molecule has 0 aliphatic heterocycles. The highest BCUT2D eigenvalue weighted by molar-refractivity contribution is 7.16. The lowest BCUT2D eigenvalue weighted by Crippen LogP contribution is -2.03. The molecular formula is C13H11N7S2. The van der Waals surface area contributed by atoms with Crippen molar-refractivity contribution in [2.24, 2.45) is 0 Å². The lowest BCUT2D eigenvalue weighted by Gasteiger charge is -2.02. The minimum absolute atomic E-state index is 0.628. The van der Waals surface area contributed by atoms with Gasteiger partial charge in [-0.25, -0.2) is 4.98 Å². The fourth-order valence-corrected chi connectivity index (χ4v) is 3.60. The average molecular weight is 329 g/mol. The van der Waals surface area contributed by atoms with Crippen molar-refractivity contribution in [2.45, 2.75) is 13.5 Å². The number of rotatable bonds is 4. The first kappa shape index (κ1) is 13.3. The molecule has 110 valence electrons. The second kappa shape index (κ2) is 5.43. The number of thiazole rings is 1. The van der Waals surface area contributed by atoms with Gasteiger partial charge < -0.3 is 5.32 Å². The van der Waals surface area contributed by atoms with Crippen LogP contribution in [0.15, 0.2) is 29.6 Å². The lowest BCUT2D eigenvalue weighted by atomic mass is 10.3. The molecule has 0 fully saturated rings. The quantitative estimate of drug-likeness (QED) is 0.620. The van der Waals surface area contributed by atoms with E-state index in [-0.39, 0.29) is 0 Å². The van der Waals surface area contributed by atoms with E-state index in [1.165, 1.54) is 14.4 Å². The minimum atomic E-state index is 0.628. The summed E-state index contributed by atoms with van der Waals surface area (Å²) < 4.78 is 1.40. The van der Waals surface area contributed by atoms with Crippen molar-refractivity contribution < 1.29 is 0 Å². The summed E-state index contributed by atoms with van der Waals surface area (Å²) in [5, 5.41) is 21.9. The standard InChI is InChI=1S/C13H11N7S2/c1-8-15-10(7-21-8)11-3-2-9(22-11)6-14-12-4-5-13-16-18-19-20(13)17-12/h2-5,7H,6H2,1H3,(H,14,17). The molecule has 0 amide bonds. The summed E-state index contributed by atoms with van der Waals surface area (Å²) in [5.41, 5.74) is 1.68. The van der Waals surface area contributed by atoms with Gasteiger partial charge in [0.05, 0.1) is 22.1 Å². The van der Waals surface area contributed by atoms with Crippen LogP contribution in [0.3, 0.4) is 0 Å². The summed E-state index contributed by atoms with van der Waals surface area (Å²) >= 11 is 3.40. The Hall–Kier alpha value is -2.39. The third kappa shape index (κ3) is 2.55. The predicted octanol–water partition coefficient (Wildman–Crippen LogP) is 2.62. The molecule has 22 heavy (non-hydrogen) atoms. The smallest absolute Gasteiger partial charge is 0.200 e. The van der Waals surface area contributed by atoms with E-state index in [1.54, 1.807) is 22.7 Å². The number of aryl methyl sites for hydroxylation is 1. The Morgan fingerprint density at radius 1 is 1.23 bits per heavy atom. The normalized spacial score (nSPS) is 11.1. The Bertz CT molecular complexity index is 923. The third-order valence-electron chi connectivity index (χ3n) is 3.05. The van der Waals surface area contributed by atoms with Crippen LogP contribution in [0.25, 0.3) is 16.2 Å². The van der Waals surface area contributed by atoms with Crippen LogP contribution in [0.1, 0.15) is 9.88 Å². The largest absolute Gasteiger partial charge is 0.364 e. The molecule has 0 bridgehead atoms. The highest BCUT2D eigenvalue weighted by Crippen LogP contribution is 2.29. The van der Waals surface area contributed by atoms with Crippen LogP contribution in [-0.4, -0.2) is 30.2 Å². The van der Waals surface area contributed by atoms with E-state index in [0.29, 0.717) is 12.2 Å². The van der Waals surface area contributed by atoms with Crippen LogP contribution in [-0.2, 0) is 6.54 Å². The molecule has 0 unspecified atom stereocenters. The van der Waals surface area contributed by atoms with Gasteiger partial charge in [-0.2, -0.15) is 0 Å². The monoisotopic (exact) mass is 329 g/mol. The molecule has 1 N–H and O–H groups in total. The van der Waals surface area contributed by atoms with Crippen LogP contribution in [0.4, 0.5) is 5.82 Å². The molecule has 4 aromatic heterocycles. The van der Waals surface area contributed by atoms with Crippen LogP contribution in [0.2, 0.25) is 0 Å². The Balaban J connectivity index is 1.48. The van der Waals surface area contributed by atoms with Gasteiger partial charge in [-0.3, -0.25) is 0 Å². The minimum Gasteiger partial charge on any atom is -0.364 e. The zero-order chi connectivity index (χ0) is 14.9. The number of hydrogen-bond donors (Lipinski definition) is 1. The fraction of sp³-hybridized carbons (Fsp3) is 0.154. The summed E-state index contributed by atoms with van der Waals surface area (Å²) in [7, 11) is 0. The molecule has 0 radical (unpaired) electrons. The Morgan fingerprint density at radius 3 is 3.05 bits per heavy atom. The maximum atomic E-state index is 4.51. The highest BCUT2D eigenvalue weighted by Gasteiger charge is 2.07. The van der Waals surface area contributed by atoms with Crippen molar-refractivity contribution in [3.63, 3.8) is 0 Å². The molecule has 0 spiro atoms. The summed E-state index contributed by atoms with van der Waals surface area (Å²) in [5.74, 6) is 0.735. The van der Waals surface area contributed by atoms with Gasteiger partial charge in [0, 0.05) is 10.3 Å². The molecule has 0 aromatic carbocycles. The van der Waals surface area contributed by atoms with Gasteiger partial charge in [-0.05, 0) is 41.6 Å². The number of fused-ring (bicyclic) bond motifs is 1. The first-order valence-corrected chi connectivity index (χ1v) is 8.28. The molecule has 9 heteroatoms. The summed E-state index contributed by atoms with van der Waals surface area (Å²) in [4.78, 5) is 6.92. The van der Waals surface area contributed by atoms with E-state index in [1.807, 2.05) is 19.1 Å². The van der Waals surface area contributed by atoms with Crippen molar-refractivity contribution >= 4 is 34.1 Å². The van der Waals surface area contributed by atoms with Gasteiger partial charge in [0.25, 0.3) is 0 Å². The molecule has 0 atom stereocenters. The fourth-order valence-electron chi connectivity index (χ4n) is 2.01. The van der Waals surface area contributed by atoms with E-state index in [0.717, 1.165) is 16.5 Å². The summed E-state index contributed by atoms with van der Waals surface area (Å²) in [6.45, 7) is 2.72. The van der Waals surface area contributed by atoms with Gasteiger partial charge in [-0.1, -0.05) is 0 Å². The van der Waals surface area contributed by atoms with Crippen molar-refractivity contribution in [2.75, 3.05) is 5.32 Å². The number of tetrazole rings is 1. The first-order chi connectivity index (χ1) is 10.8. The van der Waals surface area contributed by atoms with E-state index in [2.05, 4.69) is 48.4 Å². The number of aromatic nitrogens is 6. The molecule has 0 saturated carbocycles. The maximum absolute atomic E-state index is 4.51. The van der Waals surface area contributed by atoms with Crippen molar-refractivity contribution in [1.29, 1.82) is 0 Å². The molecule has 0 saturated heterocycles. The SMILES string of the molecule is Cc1nc(-c2ccc(CNc3ccc4nnnn4n3)s2)cs1. The first-order valence-electron chi connectivity index (χ1n) is 6.58. The molecule has 0 aliphatic carbocycles. The van der Waals surface area contributed by atoms with Gasteiger partial charge >= 0.3 is 0 Å². The Labute approximate surface area is 133 Å². The van der Waals surface area contributed by atoms with Gasteiger partial charge in [-0.15, -0.1) is 37.5 Å². The number of hydrogen-bond acceptors (Lipinski definition) is 8. The maximum Gasteiger partial charge on any atom is 0.200 e. The van der Waals surface area contributed by atoms with Crippen molar-refractivity contribution in [3.05, 3.63) is 39.5 Å². The zero-order valence-electron chi connectivity index (χ0n) is 11.6. The predicted molar refractivity (Wildman–Crippen MR) is 86.1 cm³/mol. The van der Waals surface area contributed by atoms with Crippen molar-refractivity contribution in [3.8, 4) is 10.6 Å². The second-order valence-electron chi connectivity index (χ2n) is 4.62. The van der Waals surface area contributed by atoms with Crippen molar-refractivity contribution in [1.82, 2.24) is 30.2 Å². The van der Waals surface area contributed by atoms with Crippen LogP contribution >= 0.6 is 22.7 Å². The van der Waals surface area contributed by atoms with Crippen LogP contribution in [0, 0.1) is 6.92 Å². The Morgan fingerprint density at radius 2 is 2.18 bits per heavy atom. The van der Waals surface area contributed by atoms with Gasteiger partial charge in [0.2, 0.25) is 0 Å². The molecule has 7 nitrogen and oxygen atoms in total. The van der Waals surface area contributed by atoms with Gasteiger partial charge in [0.1, 0.15) is 5.82 Å². The number of nitrogens with one attached hydrogen (secondary N) is 1. The van der Waals surface area contributed by atoms with E-state index in [9.17, 15) is 0 Å². The number of anilines is 1. The van der Waals surface area contributed by atoms with Gasteiger partial charge in [0.15, 0.2) is 5.65 Å². The second-order valence-corrected chi connectivity index (χ2v) is 6.85. The van der Waals surface area contributed by atoms with E-state index in [4.69, 9.17) is 0 Å². The molecule has 4 rings (SSSR count). The number of thiophene rings is 1. The molecular weight excluding hydrogens is 318 g/mol. The third-order valence-corrected chi connectivity index (χ3v) is 4.93. The topological polar surface area (TPSA) is 80.9 Å². The molecule has 0 aliphatic rings. The highest BCUT2D eigenvalue weighted by atomic mass is 32.1. The van der Waals surface area contributed by atoms with E-state index < -0.39 is 0 Å². The average Bonchev–Trinajstić information content (AvgIpc) is 3.24.